The van der Waals surface area contributed by atoms with Crippen LogP contribution in [0.25, 0.3) is 6.08 Å². The quantitative estimate of drug-likeness (QED) is 0.431. The van der Waals surface area contributed by atoms with Gasteiger partial charge in [-0.25, -0.2) is 4.79 Å². The maximum atomic E-state index is 11.0. The molecule has 1 aliphatic heterocycles. The number of aliphatic carboxylic acids is 1. The van der Waals surface area contributed by atoms with Crippen LogP contribution in [0.2, 0.25) is 0 Å². The van der Waals surface area contributed by atoms with Gasteiger partial charge < -0.3 is 10.0 Å². The molecule has 5 heteroatoms. The van der Waals surface area contributed by atoms with Crippen molar-refractivity contribution in [2.45, 2.75) is 58.9 Å². The number of nitrogens with zero attached hydrogens (tertiary/aromatic N) is 3. The van der Waals surface area contributed by atoms with Gasteiger partial charge in [0, 0.05) is 17.8 Å². The predicted octanol–water partition coefficient (Wildman–Crippen LogP) is 5.05. The lowest BCUT2D eigenvalue weighted by Crippen LogP contribution is -2.64. The lowest BCUT2D eigenvalue weighted by Gasteiger charge is -2.62. The fourth-order valence-electron chi connectivity index (χ4n) is 4.11. The Bertz CT molecular complexity index is 953. The monoisotopic (exact) mass is 391 g/mol. The molecule has 0 aromatic heterocycles. The molecule has 0 amide bonds. The number of anilines is 1. The second-order valence-corrected chi connectivity index (χ2v) is 9.00. The molecule has 2 rings (SSSR count). The zero-order chi connectivity index (χ0) is 22.0. The van der Waals surface area contributed by atoms with E-state index in [1.165, 1.54) is 11.6 Å². The first-order valence-electron chi connectivity index (χ1n) is 9.72. The summed E-state index contributed by atoms with van der Waals surface area (Å²) >= 11 is 0. The number of rotatable bonds is 5. The number of fused-ring (bicyclic) bond motifs is 1. The average Bonchev–Trinajstić information content (AvgIpc) is 2.64. The second kappa shape index (κ2) is 7.76. The largest absolute Gasteiger partial charge is 0.477 e. The fourth-order valence-corrected chi connectivity index (χ4v) is 4.11. The zero-order valence-electron chi connectivity index (χ0n) is 18.1. The van der Waals surface area contributed by atoms with E-state index in [0.29, 0.717) is 13.0 Å². The third kappa shape index (κ3) is 3.66. The normalized spacial score (nSPS) is 19.3. The van der Waals surface area contributed by atoms with Crippen molar-refractivity contribution >= 4 is 17.7 Å². The van der Waals surface area contributed by atoms with Gasteiger partial charge in [0.15, 0.2) is 0 Å². The Labute approximate surface area is 173 Å². The van der Waals surface area contributed by atoms with E-state index in [4.69, 9.17) is 15.6 Å². The van der Waals surface area contributed by atoms with Crippen molar-refractivity contribution in [3.8, 4) is 12.1 Å². The maximum absolute atomic E-state index is 11.0. The van der Waals surface area contributed by atoms with Gasteiger partial charge in [0.2, 0.25) is 0 Å². The minimum atomic E-state index is -1.24. The average molecular weight is 392 g/mol. The van der Waals surface area contributed by atoms with E-state index in [1.54, 1.807) is 12.1 Å². The molecule has 0 spiro atoms. The molecule has 0 saturated carbocycles. The minimum Gasteiger partial charge on any atom is -0.477 e. The van der Waals surface area contributed by atoms with Crippen LogP contribution in [0, 0.1) is 28.1 Å². The second-order valence-electron chi connectivity index (χ2n) is 9.00. The first kappa shape index (κ1) is 22.2. The first-order valence-corrected chi connectivity index (χ1v) is 9.72. The van der Waals surface area contributed by atoms with E-state index in [1.807, 2.05) is 12.1 Å². The van der Waals surface area contributed by atoms with Crippen molar-refractivity contribution < 1.29 is 9.90 Å². The van der Waals surface area contributed by atoms with Crippen molar-refractivity contribution in [3.05, 3.63) is 47.1 Å². The SMILES string of the molecule is CC1(C)c2cc(/C=C/C=C(\C#N)C(=O)O)ccc2N(CCC#N)C(C)(C)C1(C)C. The minimum absolute atomic E-state index is 0.0814. The van der Waals surface area contributed by atoms with Crippen LogP contribution in [-0.4, -0.2) is 23.2 Å². The van der Waals surface area contributed by atoms with Gasteiger partial charge in [0.1, 0.15) is 11.6 Å². The molecule has 0 unspecified atom stereocenters. The summed E-state index contributed by atoms with van der Waals surface area (Å²) in [7, 11) is 0. The number of carboxylic acids is 1. The summed E-state index contributed by atoms with van der Waals surface area (Å²) in [4.78, 5) is 13.3. The van der Waals surface area contributed by atoms with Gasteiger partial charge in [-0.15, -0.1) is 0 Å². The van der Waals surface area contributed by atoms with E-state index in [2.05, 4.69) is 64.6 Å². The molecular weight excluding hydrogens is 362 g/mol. The third-order valence-electron chi connectivity index (χ3n) is 7.10. The van der Waals surface area contributed by atoms with E-state index in [-0.39, 0.29) is 21.9 Å². The molecule has 0 bridgehead atoms. The van der Waals surface area contributed by atoms with Crippen LogP contribution in [0.3, 0.4) is 0 Å². The van der Waals surface area contributed by atoms with Crippen molar-refractivity contribution in [1.82, 2.24) is 0 Å². The van der Waals surface area contributed by atoms with Gasteiger partial charge in [0.05, 0.1) is 12.5 Å². The maximum Gasteiger partial charge on any atom is 0.346 e. The Hall–Kier alpha value is -3.05. The van der Waals surface area contributed by atoms with Crippen LogP contribution in [0.15, 0.2) is 35.9 Å². The first-order chi connectivity index (χ1) is 13.4. The van der Waals surface area contributed by atoms with Crippen LogP contribution in [0.1, 0.15) is 59.1 Å². The lowest BCUT2D eigenvalue weighted by molar-refractivity contribution is -0.132. The molecule has 1 heterocycles. The molecule has 1 aromatic carbocycles. The Morgan fingerprint density at radius 3 is 2.38 bits per heavy atom. The Kier molecular flexibility index (Phi) is 5.95. The van der Waals surface area contributed by atoms with Crippen LogP contribution in [-0.2, 0) is 10.2 Å². The highest BCUT2D eigenvalue weighted by atomic mass is 16.4. The topological polar surface area (TPSA) is 88.1 Å². The molecule has 1 aliphatic rings. The van der Waals surface area contributed by atoms with E-state index >= 15 is 0 Å². The standard InChI is InChI=1S/C24H29N3O2/c1-22(2)19-15-17(9-7-10-18(16-26)21(28)29)11-12-20(19)27(14-8-13-25)24(5,6)23(22,3)4/h7,9-12,15H,8,14H2,1-6H3,(H,28,29)/b9-7+,18-10+. The highest BCUT2D eigenvalue weighted by Crippen LogP contribution is 2.57. The molecule has 152 valence electrons. The summed E-state index contributed by atoms with van der Waals surface area (Å²) in [6, 6.07) is 10.1. The van der Waals surface area contributed by atoms with E-state index in [9.17, 15) is 4.79 Å². The fraction of sp³-hybridized carbons (Fsp3) is 0.458. The summed E-state index contributed by atoms with van der Waals surface area (Å²) in [5, 5.41) is 27.0. The van der Waals surface area contributed by atoms with Gasteiger partial charge >= 0.3 is 5.97 Å². The molecule has 0 aliphatic carbocycles. The van der Waals surface area contributed by atoms with Crippen LogP contribution in [0.4, 0.5) is 5.69 Å². The van der Waals surface area contributed by atoms with Gasteiger partial charge in [-0.2, -0.15) is 10.5 Å². The molecular formula is C24H29N3O2. The number of allylic oxidation sites excluding steroid dienone is 2. The van der Waals surface area contributed by atoms with Crippen LogP contribution >= 0.6 is 0 Å². The summed E-state index contributed by atoms with van der Waals surface area (Å²) < 4.78 is 0. The van der Waals surface area contributed by atoms with Crippen molar-refractivity contribution in [2.75, 3.05) is 11.4 Å². The van der Waals surface area contributed by atoms with Crippen molar-refractivity contribution in [3.63, 3.8) is 0 Å². The van der Waals surface area contributed by atoms with Gasteiger partial charge in [-0.3, -0.25) is 0 Å². The van der Waals surface area contributed by atoms with Gasteiger partial charge in [0.25, 0.3) is 0 Å². The third-order valence-corrected chi connectivity index (χ3v) is 7.10. The van der Waals surface area contributed by atoms with Crippen LogP contribution < -0.4 is 4.90 Å². The van der Waals surface area contributed by atoms with Crippen molar-refractivity contribution in [1.29, 1.82) is 10.5 Å². The lowest BCUT2D eigenvalue weighted by atomic mass is 9.53. The number of hydrogen-bond acceptors (Lipinski definition) is 4. The number of carboxylic acid groups (broad SMARTS) is 1. The molecule has 5 nitrogen and oxygen atoms in total. The highest BCUT2D eigenvalue weighted by Gasteiger charge is 2.56. The molecule has 0 atom stereocenters. The Morgan fingerprint density at radius 2 is 1.83 bits per heavy atom. The van der Waals surface area contributed by atoms with E-state index in [0.717, 1.165) is 11.3 Å². The Balaban J connectivity index is 2.58. The molecule has 0 radical (unpaired) electrons. The summed E-state index contributed by atoms with van der Waals surface area (Å²) in [6.07, 6.45) is 5.16. The van der Waals surface area contributed by atoms with E-state index < -0.39 is 5.97 Å². The van der Waals surface area contributed by atoms with Gasteiger partial charge in [-0.05, 0) is 54.0 Å². The summed E-state index contributed by atoms with van der Waals surface area (Å²) in [6.45, 7) is 14.2. The number of benzene rings is 1. The summed E-state index contributed by atoms with van der Waals surface area (Å²) in [5.41, 5.74) is 2.60. The summed E-state index contributed by atoms with van der Waals surface area (Å²) in [5.74, 6) is -1.24. The van der Waals surface area contributed by atoms with Gasteiger partial charge in [-0.1, -0.05) is 45.9 Å². The Morgan fingerprint density at radius 1 is 1.17 bits per heavy atom. The number of hydrogen-bond donors (Lipinski definition) is 1. The molecule has 1 aromatic rings. The van der Waals surface area contributed by atoms with Crippen molar-refractivity contribution in [2.24, 2.45) is 5.41 Å². The molecule has 29 heavy (non-hydrogen) atoms. The smallest absolute Gasteiger partial charge is 0.346 e. The zero-order valence-corrected chi connectivity index (χ0v) is 18.1. The number of nitriles is 2. The molecule has 1 N–H and O–H groups in total. The number of carbonyl (C=O) groups is 1. The molecule has 0 fully saturated rings. The molecule has 0 saturated heterocycles. The van der Waals surface area contributed by atoms with Crippen LogP contribution in [0.5, 0.6) is 0 Å². The highest BCUT2D eigenvalue weighted by molar-refractivity contribution is 5.91. The predicted molar refractivity (Wildman–Crippen MR) is 115 cm³/mol.